The Bertz CT molecular complexity index is 477. The van der Waals surface area contributed by atoms with E-state index in [0.717, 1.165) is 6.54 Å². The number of sulfone groups is 1. The Hall–Kier alpha value is -0.810. The fourth-order valence-corrected chi connectivity index (χ4v) is 2.91. The van der Waals surface area contributed by atoms with Crippen LogP contribution >= 0.6 is 0 Å². The van der Waals surface area contributed by atoms with Gasteiger partial charge in [-0.15, -0.1) is 0 Å². The Morgan fingerprint density at radius 1 is 1.32 bits per heavy atom. The molecule has 0 fully saturated rings. The number of aryl methyl sites for hydroxylation is 1. The zero-order valence-corrected chi connectivity index (χ0v) is 13.2. The van der Waals surface area contributed by atoms with Crippen LogP contribution in [-0.4, -0.2) is 31.0 Å². The van der Waals surface area contributed by atoms with Gasteiger partial charge in [-0.2, -0.15) is 0 Å². The second kappa shape index (κ2) is 7.10. The van der Waals surface area contributed by atoms with E-state index in [1.165, 1.54) is 5.56 Å². The fraction of sp³-hybridized carbons (Fsp3) is 0.714. The highest BCUT2D eigenvalue weighted by Gasteiger charge is 2.16. The van der Waals surface area contributed by atoms with Crippen LogP contribution in [-0.2, 0) is 16.4 Å². The normalized spacial score (nSPS) is 13.9. The highest BCUT2D eigenvalue weighted by molar-refractivity contribution is 7.91. The first-order valence-electron chi connectivity index (χ1n) is 6.99. The second-order valence-electron chi connectivity index (χ2n) is 5.20. The summed E-state index contributed by atoms with van der Waals surface area (Å²) in [6, 6.07) is 2.40. The van der Waals surface area contributed by atoms with Crippen molar-refractivity contribution in [1.29, 1.82) is 0 Å². The number of rotatable bonds is 8. The van der Waals surface area contributed by atoms with Gasteiger partial charge >= 0.3 is 0 Å². The maximum Gasteiger partial charge on any atom is 0.151 e. The van der Waals surface area contributed by atoms with Crippen LogP contribution in [0.25, 0.3) is 0 Å². The van der Waals surface area contributed by atoms with E-state index in [1.54, 1.807) is 6.92 Å². The molecule has 110 valence electrons. The van der Waals surface area contributed by atoms with Crippen molar-refractivity contribution in [2.45, 2.75) is 40.3 Å². The lowest BCUT2D eigenvalue weighted by molar-refractivity contribution is 0.421. The number of nitrogens with one attached hydrogen (secondary N) is 1. The van der Waals surface area contributed by atoms with Gasteiger partial charge in [0.05, 0.1) is 5.75 Å². The molecule has 0 spiro atoms. The highest BCUT2D eigenvalue weighted by atomic mass is 32.2. The summed E-state index contributed by atoms with van der Waals surface area (Å²) in [5.41, 5.74) is 1.23. The van der Waals surface area contributed by atoms with Crippen LogP contribution in [0.4, 0.5) is 0 Å². The van der Waals surface area contributed by atoms with Crippen LogP contribution in [0, 0.1) is 5.92 Å². The van der Waals surface area contributed by atoms with Crippen molar-refractivity contribution in [3.63, 3.8) is 0 Å². The minimum atomic E-state index is -2.89. The number of aromatic nitrogens is 1. The molecule has 0 saturated heterocycles. The fourth-order valence-electron chi connectivity index (χ4n) is 2.13. The minimum absolute atomic E-state index is 0.213. The molecule has 1 aromatic rings. The molecule has 0 bridgehead atoms. The van der Waals surface area contributed by atoms with Crippen molar-refractivity contribution in [2.24, 2.45) is 5.92 Å². The Morgan fingerprint density at radius 3 is 2.53 bits per heavy atom. The number of nitrogens with zero attached hydrogens (tertiary/aromatic N) is 1. The Labute approximate surface area is 117 Å². The third-order valence-electron chi connectivity index (χ3n) is 3.32. The highest BCUT2D eigenvalue weighted by Crippen LogP contribution is 2.21. The van der Waals surface area contributed by atoms with E-state index >= 15 is 0 Å². The van der Waals surface area contributed by atoms with Gasteiger partial charge in [-0.05, 0) is 24.1 Å². The van der Waals surface area contributed by atoms with Gasteiger partial charge < -0.3 is 9.88 Å². The van der Waals surface area contributed by atoms with Gasteiger partial charge in [0.1, 0.15) is 0 Å². The van der Waals surface area contributed by atoms with Gasteiger partial charge in [0, 0.05) is 30.7 Å². The van der Waals surface area contributed by atoms with Crippen LogP contribution < -0.4 is 5.32 Å². The van der Waals surface area contributed by atoms with Gasteiger partial charge in [0.15, 0.2) is 9.84 Å². The predicted octanol–water partition coefficient (Wildman–Crippen LogP) is 2.23. The van der Waals surface area contributed by atoms with Gasteiger partial charge in [0.2, 0.25) is 0 Å². The van der Waals surface area contributed by atoms with Crippen LogP contribution in [0.1, 0.15) is 39.3 Å². The molecule has 0 aliphatic heterocycles. The van der Waals surface area contributed by atoms with E-state index in [0.29, 0.717) is 18.5 Å². The lowest BCUT2D eigenvalue weighted by atomic mass is 9.98. The van der Waals surface area contributed by atoms with E-state index in [4.69, 9.17) is 0 Å². The van der Waals surface area contributed by atoms with Crippen molar-refractivity contribution >= 4 is 9.84 Å². The van der Waals surface area contributed by atoms with E-state index < -0.39 is 9.84 Å². The topological polar surface area (TPSA) is 51.1 Å². The summed E-state index contributed by atoms with van der Waals surface area (Å²) in [6.07, 6.45) is 4.02. The van der Waals surface area contributed by atoms with E-state index in [2.05, 4.69) is 38.4 Å². The van der Waals surface area contributed by atoms with Crippen molar-refractivity contribution in [1.82, 2.24) is 9.88 Å². The van der Waals surface area contributed by atoms with Crippen LogP contribution in [0.15, 0.2) is 18.5 Å². The molecule has 0 aromatic carbocycles. The molecule has 1 aromatic heterocycles. The molecule has 0 saturated carbocycles. The smallest absolute Gasteiger partial charge is 0.151 e. The van der Waals surface area contributed by atoms with E-state index in [-0.39, 0.29) is 11.5 Å². The van der Waals surface area contributed by atoms with Gasteiger partial charge in [-0.25, -0.2) is 8.42 Å². The molecule has 5 heteroatoms. The third kappa shape index (κ3) is 4.99. The maximum atomic E-state index is 11.5. The summed E-state index contributed by atoms with van der Waals surface area (Å²) < 4.78 is 25.0. The summed E-state index contributed by atoms with van der Waals surface area (Å²) in [5.74, 6) is 0.938. The van der Waals surface area contributed by atoms with E-state index in [9.17, 15) is 8.42 Å². The third-order valence-corrected chi connectivity index (χ3v) is 5.01. The predicted molar refractivity (Wildman–Crippen MR) is 80.0 cm³/mol. The molecule has 1 unspecified atom stereocenters. The van der Waals surface area contributed by atoms with Crippen molar-refractivity contribution in [3.8, 4) is 0 Å². The monoisotopic (exact) mass is 286 g/mol. The quantitative estimate of drug-likeness (QED) is 0.797. The molecule has 4 nitrogen and oxygen atoms in total. The van der Waals surface area contributed by atoms with Crippen LogP contribution in [0.3, 0.4) is 0 Å². The zero-order chi connectivity index (χ0) is 14.5. The molecule has 0 radical (unpaired) electrons. The summed E-state index contributed by atoms with van der Waals surface area (Å²) in [6.45, 7) is 9.63. The lowest BCUT2D eigenvalue weighted by Gasteiger charge is -2.20. The summed E-state index contributed by atoms with van der Waals surface area (Å²) in [5, 5.41) is 3.46. The first-order valence-corrected chi connectivity index (χ1v) is 8.81. The minimum Gasteiger partial charge on any atom is -0.353 e. The first-order chi connectivity index (χ1) is 8.89. The van der Waals surface area contributed by atoms with Gasteiger partial charge in [0.25, 0.3) is 0 Å². The molecular weight excluding hydrogens is 260 g/mol. The molecule has 1 atom stereocenters. The molecule has 0 aliphatic rings. The number of hydrogen-bond donors (Lipinski definition) is 1. The molecule has 19 heavy (non-hydrogen) atoms. The zero-order valence-electron chi connectivity index (χ0n) is 12.4. The van der Waals surface area contributed by atoms with Gasteiger partial charge in [-0.1, -0.05) is 27.7 Å². The Kier molecular flexibility index (Phi) is 6.07. The number of hydrogen-bond acceptors (Lipinski definition) is 3. The largest absolute Gasteiger partial charge is 0.353 e. The molecule has 0 amide bonds. The molecule has 0 aliphatic carbocycles. The van der Waals surface area contributed by atoms with Crippen molar-refractivity contribution in [2.75, 3.05) is 18.1 Å². The maximum absolute atomic E-state index is 11.5. The second-order valence-corrected chi connectivity index (χ2v) is 7.67. The average molecular weight is 286 g/mol. The average Bonchev–Trinajstić information content (AvgIpc) is 2.82. The van der Waals surface area contributed by atoms with Gasteiger partial charge in [-0.3, -0.25) is 0 Å². The summed E-state index contributed by atoms with van der Waals surface area (Å²) in [7, 11) is -2.89. The Balaban J connectivity index is 2.70. The van der Waals surface area contributed by atoms with Crippen LogP contribution in [0.5, 0.6) is 0 Å². The standard InChI is InChI=1S/C14H26N2O2S/c1-5-15-14(12(3)4)13-7-8-16(11-13)9-10-19(17,18)6-2/h7-8,11-12,14-15H,5-6,9-10H2,1-4H3. The van der Waals surface area contributed by atoms with E-state index in [1.807, 2.05) is 10.8 Å². The lowest BCUT2D eigenvalue weighted by Crippen LogP contribution is -2.25. The Morgan fingerprint density at radius 2 is 2.00 bits per heavy atom. The molecular formula is C14H26N2O2S. The molecule has 1 rings (SSSR count). The molecule has 1 heterocycles. The summed E-state index contributed by atoms with van der Waals surface area (Å²) >= 11 is 0. The summed E-state index contributed by atoms with van der Waals surface area (Å²) in [4.78, 5) is 0. The van der Waals surface area contributed by atoms with Crippen LogP contribution in [0.2, 0.25) is 0 Å². The van der Waals surface area contributed by atoms with Crippen molar-refractivity contribution in [3.05, 3.63) is 24.0 Å². The van der Waals surface area contributed by atoms with Crippen molar-refractivity contribution < 1.29 is 8.42 Å². The molecule has 1 N–H and O–H groups in total. The SMILES string of the molecule is CCNC(c1ccn(CCS(=O)(=O)CC)c1)C(C)C. The first kappa shape index (κ1) is 16.2.